The number of nitrogens with one attached hydrogen (secondary N) is 4. The van der Waals surface area contributed by atoms with Gasteiger partial charge in [-0.25, -0.2) is 4.98 Å². The average Bonchev–Trinajstić information content (AvgIpc) is 2.94. The van der Waals surface area contributed by atoms with Gasteiger partial charge in [0.25, 0.3) is 0 Å². The number of carbonyl (C=O) groups excluding carboxylic acids is 3. The predicted octanol–water partition coefficient (Wildman–Crippen LogP) is 2.65. The van der Waals surface area contributed by atoms with Gasteiger partial charge in [-0.1, -0.05) is 11.6 Å². The third-order valence-corrected chi connectivity index (χ3v) is 7.68. The van der Waals surface area contributed by atoms with Crippen molar-refractivity contribution in [2.24, 2.45) is 5.92 Å². The molecule has 2 aliphatic heterocycles. The maximum atomic E-state index is 13.3. The van der Waals surface area contributed by atoms with Crippen LogP contribution in [0.5, 0.6) is 0 Å². The summed E-state index contributed by atoms with van der Waals surface area (Å²) in [7, 11) is -0.662. The second-order valence-electron chi connectivity index (χ2n) is 10.8. The number of pyridine rings is 1. The Morgan fingerprint density at radius 3 is 2.46 bits per heavy atom. The Kier molecular flexibility index (Phi) is 10.8. The number of benzene rings is 1. The van der Waals surface area contributed by atoms with Gasteiger partial charge < -0.3 is 31.1 Å². The highest BCUT2D eigenvalue weighted by atomic mass is 35.5. The van der Waals surface area contributed by atoms with Gasteiger partial charge in [-0.05, 0) is 81.5 Å². The first-order valence-corrected chi connectivity index (χ1v) is 14.5. The fourth-order valence-electron chi connectivity index (χ4n) is 5.33. The van der Waals surface area contributed by atoms with Crippen LogP contribution < -0.4 is 21.2 Å². The van der Waals surface area contributed by atoms with E-state index in [4.69, 9.17) is 11.6 Å². The molecule has 1 aromatic heterocycles. The lowest BCUT2D eigenvalue weighted by atomic mass is 9.89. The molecule has 0 saturated carbocycles. The molecule has 3 heterocycles. The van der Waals surface area contributed by atoms with Gasteiger partial charge in [0.15, 0.2) is 0 Å². The summed E-state index contributed by atoms with van der Waals surface area (Å²) in [6, 6.07) is 9.36. The molecule has 0 aliphatic carbocycles. The number of likely N-dealkylation sites (tertiary alicyclic amines) is 2. The molecular weight excluding hydrogens is 545 g/mol. The van der Waals surface area contributed by atoms with Crippen molar-refractivity contribution in [2.45, 2.75) is 52.0 Å². The Hall–Kier alpha value is -3.35. The topological polar surface area (TPSA) is 139 Å². The first-order chi connectivity index (χ1) is 19.7. The maximum Gasteiger partial charge on any atom is 0.408 e. The number of anilines is 3. The van der Waals surface area contributed by atoms with Crippen LogP contribution >= 0.6 is 11.6 Å². The van der Waals surface area contributed by atoms with Crippen molar-refractivity contribution in [3.05, 3.63) is 47.1 Å². The molecule has 0 radical (unpaired) electrons. The molecule has 2 aromatic rings. The van der Waals surface area contributed by atoms with Crippen molar-refractivity contribution in [3.63, 3.8) is 0 Å². The van der Waals surface area contributed by atoms with Gasteiger partial charge in [-0.2, -0.15) is 0 Å². The molecule has 2 aliphatic rings. The monoisotopic (exact) mass is 583 g/mol. The van der Waals surface area contributed by atoms with E-state index in [0.717, 1.165) is 56.6 Å². The Labute approximate surface area is 246 Å². The van der Waals surface area contributed by atoms with Gasteiger partial charge in [0.1, 0.15) is 5.82 Å². The van der Waals surface area contributed by atoms with Crippen molar-refractivity contribution < 1.29 is 19.4 Å². The van der Waals surface area contributed by atoms with Crippen molar-refractivity contribution in [3.8, 4) is 0 Å². The molecular formula is C28H39BClN7O4. The molecule has 4 rings (SSSR count). The number of nitrogens with zero attached hydrogens (tertiary/aromatic N) is 3. The number of hydrogen-bond acceptors (Lipinski definition) is 8. The van der Waals surface area contributed by atoms with E-state index in [-0.39, 0.29) is 36.2 Å². The van der Waals surface area contributed by atoms with E-state index >= 15 is 0 Å². The normalized spacial score (nSPS) is 16.6. The van der Waals surface area contributed by atoms with Crippen LogP contribution in [0.4, 0.5) is 17.2 Å². The molecule has 0 bridgehead atoms. The lowest BCUT2D eigenvalue weighted by molar-refractivity contribution is -0.138. The molecule has 3 amide bonds. The van der Waals surface area contributed by atoms with Crippen LogP contribution in [0.15, 0.2) is 36.5 Å². The molecule has 0 unspecified atom stereocenters. The quantitative estimate of drug-likeness (QED) is 0.269. The highest BCUT2D eigenvalue weighted by molar-refractivity contribution is 6.52. The summed E-state index contributed by atoms with van der Waals surface area (Å²) in [5.74, 6) is 0.327. The van der Waals surface area contributed by atoms with E-state index in [9.17, 15) is 19.4 Å². The van der Waals surface area contributed by atoms with Crippen molar-refractivity contribution in [2.75, 3.05) is 48.6 Å². The van der Waals surface area contributed by atoms with Gasteiger partial charge in [0, 0.05) is 49.7 Å². The molecule has 13 heteroatoms. The first-order valence-electron chi connectivity index (χ1n) is 14.2. The summed E-state index contributed by atoms with van der Waals surface area (Å²) in [6.45, 7) is 6.78. The SMILES string of the molecule is CB(O)Nc1cc(CN2CCC(C(=O)N3CCC(Nc4ccc(Cl)cc4NC(=O)CNC(C)=O)CC3)CC2)ccn1. The molecule has 41 heavy (non-hydrogen) atoms. The Morgan fingerprint density at radius 2 is 1.78 bits per heavy atom. The molecule has 0 spiro atoms. The average molecular weight is 584 g/mol. The molecule has 5 N–H and O–H groups in total. The summed E-state index contributed by atoms with van der Waals surface area (Å²) in [6.07, 6.45) is 5.03. The number of rotatable bonds is 10. The fourth-order valence-corrected chi connectivity index (χ4v) is 5.50. The minimum atomic E-state index is -0.662. The van der Waals surface area contributed by atoms with Crippen LogP contribution in [-0.2, 0) is 20.9 Å². The number of amides is 3. The molecule has 11 nitrogen and oxygen atoms in total. The zero-order valence-corrected chi connectivity index (χ0v) is 24.4. The smallest absolute Gasteiger partial charge is 0.408 e. The van der Waals surface area contributed by atoms with E-state index in [2.05, 4.69) is 31.1 Å². The summed E-state index contributed by atoms with van der Waals surface area (Å²) < 4.78 is 0. The molecule has 1 aromatic carbocycles. The second kappa shape index (κ2) is 14.5. The second-order valence-corrected chi connectivity index (χ2v) is 11.2. The van der Waals surface area contributed by atoms with Crippen LogP contribution in [-0.4, -0.2) is 83.3 Å². The third kappa shape index (κ3) is 9.34. The molecule has 220 valence electrons. The number of halogens is 1. The number of piperidine rings is 2. The van der Waals surface area contributed by atoms with Crippen LogP contribution in [0.3, 0.4) is 0 Å². The van der Waals surface area contributed by atoms with Gasteiger partial charge >= 0.3 is 7.05 Å². The summed E-state index contributed by atoms with van der Waals surface area (Å²) >= 11 is 6.16. The summed E-state index contributed by atoms with van der Waals surface area (Å²) in [4.78, 5) is 45.3. The third-order valence-electron chi connectivity index (χ3n) is 7.44. The van der Waals surface area contributed by atoms with Crippen LogP contribution in [0, 0.1) is 5.92 Å². The van der Waals surface area contributed by atoms with Crippen molar-refractivity contribution >= 4 is 53.6 Å². The van der Waals surface area contributed by atoms with E-state index < -0.39 is 7.05 Å². The van der Waals surface area contributed by atoms with Gasteiger partial charge in [0.2, 0.25) is 17.7 Å². The number of hydrogen-bond donors (Lipinski definition) is 5. The largest absolute Gasteiger partial charge is 0.433 e. The molecule has 2 saturated heterocycles. The van der Waals surface area contributed by atoms with Crippen LogP contribution in [0.1, 0.15) is 38.2 Å². The fraction of sp³-hybridized carbons (Fsp3) is 0.500. The van der Waals surface area contributed by atoms with Crippen molar-refractivity contribution in [1.82, 2.24) is 20.1 Å². The van der Waals surface area contributed by atoms with E-state index in [1.165, 1.54) is 6.92 Å². The standard InChI is InChI=1S/C28H39BClN7O4/c1-19(38)32-17-27(39)34-25-16-22(30)3-4-24(25)33-23-8-13-37(14-9-23)28(40)21-6-11-36(12-7-21)18-20-5-10-31-26(15-20)35-29(2)41/h3-5,10,15-16,21,23,33,41H,6-9,11-14,17-18H2,1-2H3,(H,31,35)(H,32,38)(H,34,39). The Bertz CT molecular complexity index is 1220. The van der Waals surface area contributed by atoms with Gasteiger partial charge in [-0.3, -0.25) is 19.3 Å². The van der Waals surface area contributed by atoms with E-state index in [1.54, 1.807) is 25.2 Å². The summed E-state index contributed by atoms with van der Waals surface area (Å²) in [5.41, 5.74) is 2.43. The summed E-state index contributed by atoms with van der Waals surface area (Å²) in [5, 5.41) is 21.7. The van der Waals surface area contributed by atoms with Crippen LogP contribution in [0.25, 0.3) is 0 Å². The Morgan fingerprint density at radius 1 is 1.05 bits per heavy atom. The lowest BCUT2D eigenvalue weighted by Crippen LogP contribution is -2.47. The Balaban J connectivity index is 1.23. The van der Waals surface area contributed by atoms with Crippen LogP contribution in [0.2, 0.25) is 11.8 Å². The maximum absolute atomic E-state index is 13.3. The first kappa shape index (κ1) is 30.6. The number of aromatic nitrogens is 1. The zero-order chi connectivity index (χ0) is 29.4. The van der Waals surface area contributed by atoms with Crippen molar-refractivity contribution in [1.29, 1.82) is 0 Å². The predicted molar refractivity (Wildman–Crippen MR) is 162 cm³/mol. The van der Waals surface area contributed by atoms with Gasteiger partial charge in [-0.15, -0.1) is 0 Å². The zero-order valence-electron chi connectivity index (χ0n) is 23.7. The van der Waals surface area contributed by atoms with Gasteiger partial charge in [0.05, 0.1) is 17.9 Å². The molecule has 0 atom stereocenters. The lowest BCUT2D eigenvalue weighted by Gasteiger charge is -2.37. The van der Waals surface area contributed by atoms with E-state index in [0.29, 0.717) is 29.6 Å². The number of carbonyl (C=O) groups is 3. The highest BCUT2D eigenvalue weighted by Crippen LogP contribution is 2.29. The minimum Gasteiger partial charge on any atom is -0.433 e. The highest BCUT2D eigenvalue weighted by Gasteiger charge is 2.31. The molecule has 2 fully saturated rings. The minimum absolute atomic E-state index is 0.0438. The van der Waals surface area contributed by atoms with E-state index in [1.807, 2.05) is 23.1 Å².